The predicted octanol–water partition coefficient (Wildman–Crippen LogP) is 1.44. The maximum atomic E-state index is 11.9. The highest BCUT2D eigenvalue weighted by molar-refractivity contribution is 7.53. The van der Waals surface area contributed by atoms with Gasteiger partial charge >= 0.3 is 5.97 Å². The Hall–Kier alpha value is -1.28. The second-order valence-electron chi connectivity index (χ2n) is 3.23. The molecular weight excluding hydrogens is 227 g/mol. The standard InChI is InChI=1S/C11H15O4P/c1-14-9-4-3-5-10(8-9)16(13)7-6-11(12)15-2/h3-5,8,16H,6-7H2,1-2H3. The van der Waals surface area contributed by atoms with E-state index in [0.29, 0.717) is 11.9 Å². The summed E-state index contributed by atoms with van der Waals surface area (Å²) >= 11 is 0. The van der Waals surface area contributed by atoms with Crippen LogP contribution in [0.5, 0.6) is 5.75 Å². The molecule has 0 fully saturated rings. The van der Waals surface area contributed by atoms with Crippen LogP contribution < -0.4 is 10.0 Å². The third kappa shape index (κ3) is 3.70. The van der Waals surface area contributed by atoms with Crippen molar-refractivity contribution in [2.75, 3.05) is 20.4 Å². The minimum Gasteiger partial charge on any atom is -0.497 e. The summed E-state index contributed by atoms with van der Waals surface area (Å²) in [5.74, 6) is 0.343. The zero-order valence-electron chi connectivity index (χ0n) is 9.36. The molecule has 1 aromatic carbocycles. The van der Waals surface area contributed by atoms with Crippen molar-refractivity contribution < 1.29 is 18.8 Å². The summed E-state index contributed by atoms with van der Waals surface area (Å²) in [5.41, 5.74) is 0. The molecule has 0 amide bonds. The number of hydrogen-bond donors (Lipinski definition) is 0. The normalized spacial score (nSPS) is 11.9. The molecule has 0 spiro atoms. The van der Waals surface area contributed by atoms with Gasteiger partial charge in [0.05, 0.1) is 20.6 Å². The van der Waals surface area contributed by atoms with E-state index in [1.807, 2.05) is 0 Å². The first kappa shape index (κ1) is 12.8. The van der Waals surface area contributed by atoms with Gasteiger partial charge in [0.2, 0.25) is 0 Å². The lowest BCUT2D eigenvalue weighted by atomic mass is 10.3. The van der Waals surface area contributed by atoms with Crippen molar-refractivity contribution in [2.24, 2.45) is 0 Å². The Morgan fingerprint density at radius 3 is 2.75 bits per heavy atom. The Balaban J connectivity index is 2.62. The molecule has 88 valence electrons. The van der Waals surface area contributed by atoms with E-state index >= 15 is 0 Å². The number of carbonyl (C=O) groups excluding carboxylic acids is 1. The van der Waals surface area contributed by atoms with Gasteiger partial charge in [-0.05, 0) is 12.1 Å². The molecule has 1 unspecified atom stereocenters. The van der Waals surface area contributed by atoms with E-state index in [9.17, 15) is 9.36 Å². The molecule has 0 heterocycles. The first-order chi connectivity index (χ1) is 7.67. The lowest BCUT2D eigenvalue weighted by Crippen LogP contribution is -2.05. The zero-order valence-corrected chi connectivity index (χ0v) is 10.4. The Kier molecular flexibility index (Phi) is 5.06. The van der Waals surface area contributed by atoms with Crippen LogP contribution in [-0.2, 0) is 14.1 Å². The average Bonchev–Trinajstić information content (AvgIpc) is 2.35. The van der Waals surface area contributed by atoms with Gasteiger partial charge in [0, 0.05) is 11.5 Å². The minimum absolute atomic E-state index is 0.186. The first-order valence-corrected chi connectivity index (χ1v) is 6.53. The van der Waals surface area contributed by atoms with Gasteiger partial charge in [-0.3, -0.25) is 4.79 Å². The van der Waals surface area contributed by atoms with Crippen LogP contribution in [0.1, 0.15) is 6.42 Å². The van der Waals surface area contributed by atoms with Crippen LogP contribution in [0.2, 0.25) is 0 Å². The molecule has 4 nitrogen and oxygen atoms in total. The molecule has 0 N–H and O–H groups in total. The largest absolute Gasteiger partial charge is 0.497 e. The van der Waals surface area contributed by atoms with Crippen LogP contribution in [0, 0.1) is 0 Å². The number of methoxy groups -OCH3 is 2. The van der Waals surface area contributed by atoms with Gasteiger partial charge in [-0.15, -0.1) is 0 Å². The smallest absolute Gasteiger partial charge is 0.305 e. The lowest BCUT2D eigenvalue weighted by molar-refractivity contribution is -0.140. The van der Waals surface area contributed by atoms with Gasteiger partial charge in [0.1, 0.15) is 13.6 Å². The average molecular weight is 242 g/mol. The van der Waals surface area contributed by atoms with E-state index in [0.717, 1.165) is 5.30 Å². The third-order valence-electron chi connectivity index (χ3n) is 2.18. The van der Waals surface area contributed by atoms with Crippen molar-refractivity contribution in [3.63, 3.8) is 0 Å². The summed E-state index contributed by atoms with van der Waals surface area (Å²) in [6.07, 6.45) is 0.524. The maximum absolute atomic E-state index is 11.9. The van der Waals surface area contributed by atoms with Gasteiger partial charge in [-0.2, -0.15) is 0 Å². The fourth-order valence-corrected chi connectivity index (χ4v) is 2.56. The molecular formula is C11H15O4P. The molecule has 16 heavy (non-hydrogen) atoms. The topological polar surface area (TPSA) is 52.6 Å². The maximum Gasteiger partial charge on any atom is 0.305 e. The van der Waals surface area contributed by atoms with Gasteiger partial charge < -0.3 is 14.0 Å². The van der Waals surface area contributed by atoms with E-state index < -0.39 is 7.80 Å². The number of benzene rings is 1. The number of carbonyl (C=O) groups is 1. The van der Waals surface area contributed by atoms with Crippen molar-refractivity contribution in [2.45, 2.75) is 6.42 Å². The monoisotopic (exact) mass is 242 g/mol. The lowest BCUT2D eigenvalue weighted by Gasteiger charge is -2.04. The molecule has 1 aromatic rings. The second-order valence-corrected chi connectivity index (χ2v) is 5.15. The van der Waals surface area contributed by atoms with Gasteiger partial charge in [0.25, 0.3) is 0 Å². The predicted molar refractivity (Wildman–Crippen MR) is 63.1 cm³/mol. The van der Waals surface area contributed by atoms with Crippen LogP contribution in [-0.4, -0.2) is 26.4 Å². The van der Waals surface area contributed by atoms with Gasteiger partial charge in [0.15, 0.2) is 0 Å². The summed E-state index contributed by atoms with van der Waals surface area (Å²) in [7, 11) is 0.950. The van der Waals surface area contributed by atoms with Crippen LogP contribution in [0.4, 0.5) is 0 Å². The van der Waals surface area contributed by atoms with Crippen molar-refractivity contribution in [1.82, 2.24) is 0 Å². The van der Waals surface area contributed by atoms with Crippen LogP contribution in [0.15, 0.2) is 24.3 Å². The quantitative estimate of drug-likeness (QED) is 0.579. The third-order valence-corrected chi connectivity index (χ3v) is 3.83. The fourth-order valence-electron chi connectivity index (χ4n) is 1.26. The molecule has 0 aliphatic rings. The fraction of sp³-hybridized carbons (Fsp3) is 0.364. The van der Waals surface area contributed by atoms with Crippen LogP contribution >= 0.6 is 7.80 Å². The summed E-state index contributed by atoms with van der Waals surface area (Å²) in [6, 6.07) is 7.09. The Morgan fingerprint density at radius 2 is 2.12 bits per heavy atom. The van der Waals surface area contributed by atoms with Crippen LogP contribution in [0.3, 0.4) is 0 Å². The van der Waals surface area contributed by atoms with Gasteiger partial charge in [-0.25, -0.2) is 0 Å². The molecule has 0 aromatic heterocycles. The molecule has 1 atom stereocenters. The highest BCUT2D eigenvalue weighted by Gasteiger charge is 2.08. The Morgan fingerprint density at radius 1 is 1.38 bits per heavy atom. The molecule has 0 saturated carbocycles. The second kappa shape index (κ2) is 6.33. The molecule has 1 rings (SSSR count). The molecule has 0 aliphatic carbocycles. The highest BCUT2D eigenvalue weighted by atomic mass is 31.1. The minimum atomic E-state index is -1.94. The summed E-state index contributed by atoms with van der Waals surface area (Å²) in [5, 5.41) is 0.730. The molecule has 0 radical (unpaired) electrons. The Bertz CT molecular complexity index is 389. The van der Waals surface area contributed by atoms with Crippen molar-refractivity contribution >= 4 is 19.1 Å². The first-order valence-electron chi connectivity index (χ1n) is 4.91. The van der Waals surface area contributed by atoms with Crippen molar-refractivity contribution in [3.8, 4) is 5.75 Å². The van der Waals surface area contributed by atoms with E-state index in [-0.39, 0.29) is 12.4 Å². The summed E-state index contributed by atoms with van der Waals surface area (Å²) in [6.45, 7) is 0. The van der Waals surface area contributed by atoms with Gasteiger partial charge in [-0.1, -0.05) is 12.1 Å². The van der Waals surface area contributed by atoms with E-state index in [1.165, 1.54) is 7.11 Å². The SMILES string of the molecule is COC(=O)CC[PH](=O)c1cccc(OC)c1. The summed E-state index contributed by atoms with van der Waals surface area (Å²) < 4.78 is 21.4. The van der Waals surface area contributed by atoms with E-state index in [2.05, 4.69) is 4.74 Å². The zero-order chi connectivity index (χ0) is 12.0. The molecule has 0 bridgehead atoms. The van der Waals surface area contributed by atoms with Crippen molar-refractivity contribution in [1.29, 1.82) is 0 Å². The molecule has 0 aliphatic heterocycles. The number of rotatable bonds is 5. The number of ether oxygens (including phenoxy) is 2. The van der Waals surface area contributed by atoms with E-state index in [4.69, 9.17) is 4.74 Å². The highest BCUT2D eigenvalue weighted by Crippen LogP contribution is 2.23. The molecule has 5 heteroatoms. The van der Waals surface area contributed by atoms with Crippen LogP contribution in [0.25, 0.3) is 0 Å². The van der Waals surface area contributed by atoms with E-state index in [1.54, 1.807) is 31.4 Å². The van der Waals surface area contributed by atoms with Crippen molar-refractivity contribution in [3.05, 3.63) is 24.3 Å². The molecule has 0 saturated heterocycles. The number of esters is 1. The Labute approximate surface area is 95.3 Å². The number of hydrogen-bond acceptors (Lipinski definition) is 4. The summed E-state index contributed by atoms with van der Waals surface area (Å²) in [4.78, 5) is 10.9.